The van der Waals surface area contributed by atoms with Crippen LogP contribution in [-0.2, 0) is 33.5 Å². The molecule has 0 N–H and O–H groups in total. The maximum atomic E-state index is 12.6. The van der Waals surface area contributed by atoms with Gasteiger partial charge in [-0.2, -0.15) is 0 Å². The molecular weight excluding hydrogens is 416 g/mol. The number of rotatable bonds is 8. The number of sulfone groups is 1. The molecule has 0 saturated heterocycles. The predicted molar refractivity (Wildman–Crippen MR) is 113 cm³/mol. The van der Waals surface area contributed by atoms with Crippen LogP contribution in [0.4, 0.5) is 0 Å². The van der Waals surface area contributed by atoms with Crippen molar-refractivity contribution in [2.75, 3.05) is 0 Å². The summed E-state index contributed by atoms with van der Waals surface area (Å²) in [5.41, 5.74) is 1.34. The normalized spacial score (nSPS) is 11.4. The van der Waals surface area contributed by atoms with Gasteiger partial charge in [0, 0.05) is 24.5 Å². The van der Waals surface area contributed by atoms with Crippen molar-refractivity contribution in [1.82, 2.24) is 9.55 Å². The number of aromatic nitrogens is 2. The molecule has 0 aliphatic carbocycles. The first-order valence-electron chi connectivity index (χ1n) is 9.58. The molecule has 0 aliphatic heterocycles. The van der Waals surface area contributed by atoms with Crippen LogP contribution in [0.25, 0.3) is 0 Å². The fourth-order valence-electron chi connectivity index (χ4n) is 3.14. The molecule has 0 unspecified atom stereocenters. The van der Waals surface area contributed by atoms with Gasteiger partial charge in [0.2, 0.25) is 5.76 Å². The lowest BCUT2D eigenvalue weighted by Crippen LogP contribution is -2.12. The van der Waals surface area contributed by atoms with Crippen molar-refractivity contribution in [2.45, 2.75) is 23.8 Å². The van der Waals surface area contributed by atoms with Crippen LogP contribution in [0.1, 0.15) is 27.5 Å². The molecule has 2 aromatic heterocycles. The van der Waals surface area contributed by atoms with Gasteiger partial charge < -0.3 is 13.7 Å². The zero-order valence-corrected chi connectivity index (χ0v) is 17.4. The van der Waals surface area contributed by atoms with Gasteiger partial charge in [-0.25, -0.2) is 18.2 Å². The first kappa shape index (κ1) is 20.6. The Balaban J connectivity index is 1.43. The average Bonchev–Trinajstić information content (AvgIpc) is 3.42. The number of hydrogen-bond acceptors (Lipinski definition) is 6. The number of furan rings is 1. The van der Waals surface area contributed by atoms with E-state index in [0.29, 0.717) is 12.4 Å². The van der Waals surface area contributed by atoms with E-state index in [4.69, 9.17) is 9.15 Å². The second-order valence-electron chi connectivity index (χ2n) is 6.88. The third-order valence-corrected chi connectivity index (χ3v) is 6.39. The maximum absolute atomic E-state index is 12.6. The highest BCUT2D eigenvalue weighted by Gasteiger charge is 2.23. The van der Waals surface area contributed by atoms with Crippen LogP contribution < -0.4 is 0 Å². The van der Waals surface area contributed by atoms with Crippen LogP contribution in [0.15, 0.2) is 94.7 Å². The van der Waals surface area contributed by atoms with Crippen LogP contribution in [0, 0.1) is 0 Å². The van der Waals surface area contributed by atoms with E-state index in [-0.39, 0.29) is 28.6 Å². The number of carbonyl (C=O) groups excluding carboxylic acids is 1. The van der Waals surface area contributed by atoms with Gasteiger partial charge in [0.25, 0.3) is 0 Å². The van der Waals surface area contributed by atoms with Crippen molar-refractivity contribution >= 4 is 15.8 Å². The smallest absolute Gasteiger partial charge is 0.374 e. The van der Waals surface area contributed by atoms with E-state index in [1.54, 1.807) is 30.6 Å². The fourth-order valence-corrected chi connectivity index (χ4v) is 4.52. The van der Waals surface area contributed by atoms with Crippen molar-refractivity contribution in [1.29, 1.82) is 0 Å². The molecule has 0 radical (unpaired) electrons. The van der Waals surface area contributed by atoms with Gasteiger partial charge in [0.1, 0.15) is 12.4 Å². The number of carbonyl (C=O) groups is 1. The summed E-state index contributed by atoms with van der Waals surface area (Å²) in [6.45, 7) is 0.527. The van der Waals surface area contributed by atoms with Crippen LogP contribution in [0.2, 0.25) is 0 Å². The summed E-state index contributed by atoms with van der Waals surface area (Å²) in [5, 5.41) is 0. The fraction of sp³-hybridized carbons (Fsp3) is 0.130. The monoisotopic (exact) mass is 436 g/mol. The molecule has 0 aliphatic rings. The summed E-state index contributed by atoms with van der Waals surface area (Å²) >= 11 is 0. The van der Waals surface area contributed by atoms with Gasteiger partial charge in [0.15, 0.2) is 9.84 Å². The lowest BCUT2D eigenvalue weighted by molar-refractivity contribution is 0.0420. The van der Waals surface area contributed by atoms with E-state index >= 15 is 0 Å². The summed E-state index contributed by atoms with van der Waals surface area (Å²) in [6.07, 6.45) is 4.72. The van der Waals surface area contributed by atoms with Gasteiger partial charge >= 0.3 is 5.97 Å². The van der Waals surface area contributed by atoms with Crippen molar-refractivity contribution in [2.24, 2.45) is 0 Å². The van der Waals surface area contributed by atoms with Crippen LogP contribution in [-0.4, -0.2) is 23.9 Å². The molecule has 4 aromatic rings. The Bertz CT molecular complexity index is 1260. The number of ether oxygens (including phenoxy) is 1. The lowest BCUT2D eigenvalue weighted by atomic mass is 10.2. The van der Waals surface area contributed by atoms with E-state index in [0.717, 1.165) is 5.56 Å². The highest BCUT2D eigenvalue weighted by Crippen LogP contribution is 2.21. The molecule has 31 heavy (non-hydrogen) atoms. The van der Waals surface area contributed by atoms with Crippen molar-refractivity contribution in [3.8, 4) is 0 Å². The largest absolute Gasteiger partial charge is 0.457 e. The highest BCUT2D eigenvalue weighted by molar-refractivity contribution is 7.90. The molecule has 8 heteroatoms. The molecule has 0 saturated carbocycles. The van der Waals surface area contributed by atoms with E-state index in [1.165, 1.54) is 24.5 Å². The Morgan fingerprint density at radius 3 is 2.45 bits per heavy atom. The number of benzene rings is 2. The third-order valence-electron chi connectivity index (χ3n) is 4.71. The molecule has 2 aromatic carbocycles. The molecule has 7 nitrogen and oxygen atoms in total. The maximum Gasteiger partial charge on any atom is 0.374 e. The standard InChI is InChI=1S/C23H20N2O5S/c26-23(30-16-21-24-12-13-25(21)15-18-7-3-1-4-8-18)22-19(11-14-29-22)17-31(27,28)20-9-5-2-6-10-20/h1-14H,15-17H2. The Morgan fingerprint density at radius 1 is 1.00 bits per heavy atom. The number of imidazole rings is 1. The van der Waals surface area contributed by atoms with Gasteiger partial charge in [-0.1, -0.05) is 48.5 Å². The number of esters is 1. The SMILES string of the molecule is O=C(OCc1nccn1Cc1ccccc1)c1occc1CS(=O)(=O)c1ccccc1. The minimum absolute atomic E-state index is 0.0652. The lowest BCUT2D eigenvalue weighted by Gasteiger charge is -2.09. The summed E-state index contributed by atoms with van der Waals surface area (Å²) in [6, 6.07) is 19.4. The zero-order valence-electron chi connectivity index (χ0n) is 16.5. The predicted octanol–water partition coefficient (Wildman–Crippen LogP) is 3.86. The first-order chi connectivity index (χ1) is 15.0. The van der Waals surface area contributed by atoms with Crippen LogP contribution >= 0.6 is 0 Å². The summed E-state index contributed by atoms with van der Waals surface area (Å²) in [4.78, 5) is 17.0. The molecule has 158 valence electrons. The van der Waals surface area contributed by atoms with E-state index in [9.17, 15) is 13.2 Å². The zero-order chi connectivity index (χ0) is 21.7. The second kappa shape index (κ2) is 9.01. The Morgan fingerprint density at radius 2 is 1.71 bits per heavy atom. The molecular formula is C23H20N2O5S. The summed E-state index contributed by atoms with van der Waals surface area (Å²) < 4.78 is 37.7. The minimum Gasteiger partial charge on any atom is -0.457 e. The van der Waals surface area contributed by atoms with Crippen molar-refractivity contribution in [3.63, 3.8) is 0 Å². The molecule has 0 fully saturated rings. The summed E-state index contributed by atoms with van der Waals surface area (Å²) in [7, 11) is -3.62. The van der Waals surface area contributed by atoms with E-state index in [1.807, 2.05) is 34.9 Å². The van der Waals surface area contributed by atoms with E-state index < -0.39 is 15.8 Å². The van der Waals surface area contributed by atoms with Gasteiger partial charge in [-0.15, -0.1) is 0 Å². The molecule has 0 spiro atoms. The minimum atomic E-state index is -3.62. The quantitative estimate of drug-likeness (QED) is 0.390. The van der Waals surface area contributed by atoms with Crippen molar-refractivity contribution in [3.05, 3.63) is 108 Å². The van der Waals surface area contributed by atoms with Crippen molar-refractivity contribution < 1.29 is 22.4 Å². The number of nitrogens with zero attached hydrogens (tertiary/aromatic N) is 2. The summed E-state index contributed by atoms with van der Waals surface area (Å²) in [5.74, 6) is -0.652. The van der Waals surface area contributed by atoms with Gasteiger partial charge in [-0.3, -0.25) is 0 Å². The molecule has 0 amide bonds. The van der Waals surface area contributed by atoms with Crippen LogP contribution in [0.3, 0.4) is 0 Å². The van der Waals surface area contributed by atoms with Crippen LogP contribution in [0.5, 0.6) is 0 Å². The second-order valence-corrected chi connectivity index (χ2v) is 8.87. The average molecular weight is 436 g/mol. The Labute approximate surface area is 179 Å². The third kappa shape index (κ3) is 4.92. The Kier molecular flexibility index (Phi) is 5.99. The molecule has 2 heterocycles. The topological polar surface area (TPSA) is 91.4 Å². The van der Waals surface area contributed by atoms with E-state index in [2.05, 4.69) is 4.98 Å². The highest BCUT2D eigenvalue weighted by atomic mass is 32.2. The van der Waals surface area contributed by atoms with Gasteiger partial charge in [0.05, 0.1) is 16.9 Å². The number of hydrogen-bond donors (Lipinski definition) is 0. The van der Waals surface area contributed by atoms with Gasteiger partial charge in [-0.05, 0) is 23.8 Å². The Hall–Kier alpha value is -3.65. The molecule has 0 atom stereocenters. The molecule has 0 bridgehead atoms. The first-order valence-corrected chi connectivity index (χ1v) is 11.2. The molecule has 4 rings (SSSR count).